The van der Waals surface area contributed by atoms with Crippen LogP contribution in [0.5, 0.6) is 5.75 Å². The Morgan fingerprint density at radius 1 is 1.17 bits per heavy atom. The Morgan fingerprint density at radius 3 is 2.72 bits per heavy atom. The number of benzene rings is 2. The number of nitrogens with zero attached hydrogens (tertiary/aromatic N) is 2. The molecular weight excluding hydrogens is 364 g/mol. The fourth-order valence-electron chi connectivity index (χ4n) is 3.57. The van der Waals surface area contributed by atoms with Crippen molar-refractivity contribution in [1.29, 1.82) is 0 Å². The van der Waals surface area contributed by atoms with E-state index < -0.39 is 0 Å². The number of fused-ring (bicyclic) bond motifs is 1. The number of carbonyl (C=O) groups is 1. The molecule has 6 nitrogen and oxygen atoms in total. The van der Waals surface area contributed by atoms with Gasteiger partial charge in [-0.05, 0) is 55.0 Å². The van der Waals surface area contributed by atoms with E-state index in [1.165, 1.54) is 16.8 Å². The molecule has 6 heteroatoms. The van der Waals surface area contributed by atoms with Crippen molar-refractivity contribution < 1.29 is 9.53 Å². The maximum atomic E-state index is 11.7. The molecule has 0 aromatic heterocycles. The van der Waals surface area contributed by atoms with Crippen LogP contribution in [0.1, 0.15) is 24.0 Å². The molecule has 1 aliphatic heterocycles. The highest BCUT2D eigenvalue weighted by atomic mass is 16.5. The molecule has 2 aliphatic rings. The molecule has 0 radical (unpaired) electrons. The van der Waals surface area contributed by atoms with Crippen molar-refractivity contribution >= 4 is 17.6 Å². The van der Waals surface area contributed by atoms with Crippen molar-refractivity contribution in [2.75, 3.05) is 31.6 Å². The highest BCUT2D eigenvalue weighted by molar-refractivity contribution is 5.97. The van der Waals surface area contributed by atoms with Gasteiger partial charge in [0.15, 0.2) is 12.6 Å². The summed E-state index contributed by atoms with van der Waals surface area (Å²) in [5, 5.41) is 6.39. The van der Waals surface area contributed by atoms with Crippen LogP contribution in [0.15, 0.2) is 53.5 Å². The smallest absolute Gasteiger partial charge is 0.258 e. The lowest BCUT2D eigenvalue weighted by atomic mass is 10.1. The van der Waals surface area contributed by atoms with Gasteiger partial charge in [0.2, 0.25) is 0 Å². The van der Waals surface area contributed by atoms with E-state index in [0.29, 0.717) is 6.04 Å². The first-order valence-corrected chi connectivity index (χ1v) is 10.3. The average molecular weight is 393 g/mol. The molecule has 2 N–H and O–H groups in total. The molecule has 1 heterocycles. The first kappa shape index (κ1) is 19.3. The zero-order valence-corrected chi connectivity index (χ0v) is 16.9. The van der Waals surface area contributed by atoms with Crippen LogP contribution in [-0.2, 0) is 17.6 Å². The Balaban J connectivity index is 1.23. The third-order valence-corrected chi connectivity index (χ3v) is 5.29. The standard InChI is InChI=1S/C23H28N4O2/c1-24-23(27-15-13-18-4-2-3-5-21(18)27)25-14-12-17-6-10-20(11-7-17)29-16-22(28)26-19-8-9-19/h2-7,10-11,19H,8-9,12-16H2,1H3,(H,24,25)(H,26,28). The molecule has 0 bridgehead atoms. The Morgan fingerprint density at radius 2 is 1.97 bits per heavy atom. The lowest BCUT2D eigenvalue weighted by Crippen LogP contribution is -2.41. The molecule has 1 fully saturated rings. The van der Waals surface area contributed by atoms with Gasteiger partial charge in [-0.15, -0.1) is 0 Å². The summed E-state index contributed by atoms with van der Waals surface area (Å²) in [5.74, 6) is 1.59. The van der Waals surface area contributed by atoms with Crippen LogP contribution >= 0.6 is 0 Å². The predicted molar refractivity (Wildman–Crippen MR) is 116 cm³/mol. The number of hydrogen-bond acceptors (Lipinski definition) is 3. The molecule has 2 aromatic rings. The monoisotopic (exact) mass is 392 g/mol. The molecule has 4 rings (SSSR count). The summed E-state index contributed by atoms with van der Waals surface area (Å²) in [7, 11) is 1.83. The number of hydrogen-bond donors (Lipinski definition) is 2. The molecule has 1 saturated carbocycles. The van der Waals surface area contributed by atoms with E-state index in [1.54, 1.807) is 0 Å². The van der Waals surface area contributed by atoms with E-state index in [-0.39, 0.29) is 12.5 Å². The number of aliphatic imine (C=N–C) groups is 1. The highest BCUT2D eigenvalue weighted by Gasteiger charge is 2.23. The largest absolute Gasteiger partial charge is 0.484 e. The molecule has 152 valence electrons. The zero-order chi connectivity index (χ0) is 20.1. The number of rotatable bonds is 7. The van der Waals surface area contributed by atoms with E-state index in [1.807, 2.05) is 31.3 Å². The van der Waals surface area contributed by atoms with Gasteiger partial charge >= 0.3 is 0 Å². The summed E-state index contributed by atoms with van der Waals surface area (Å²) in [6.45, 7) is 1.83. The number of anilines is 1. The molecule has 0 spiro atoms. The van der Waals surface area contributed by atoms with Gasteiger partial charge < -0.3 is 20.3 Å². The van der Waals surface area contributed by atoms with Crippen LogP contribution in [0.2, 0.25) is 0 Å². The summed E-state index contributed by atoms with van der Waals surface area (Å²) in [5.41, 5.74) is 3.83. The summed E-state index contributed by atoms with van der Waals surface area (Å²) in [4.78, 5) is 18.4. The van der Waals surface area contributed by atoms with E-state index in [0.717, 1.165) is 50.5 Å². The number of nitrogens with one attached hydrogen (secondary N) is 2. The second-order valence-electron chi connectivity index (χ2n) is 7.53. The lowest BCUT2D eigenvalue weighted by molar-refractivity contribution is -0.123. The zero-order valence-electron chi connectivity index (χ0n) is 16.9. The second kappa shape index (κ2) is 8.99. The quantitative estimate of drug-likeness (QED) is 0.561. The number of guanidine groups is 1. The third-order valence-electron chi connectivity index (χ3n) is 5.29. The van der Waals surface area contributed by atoms with Crippen molar-refractivity contribution in [2.24, 2.45) is 4.99 Å². The Kier molecular flexibility index (Phi) is 5.98. The number of amides is 1. The van der Waals surface area contributed by atoms with Gasteiger partial charge in [0, 0.05) is 31.9 Å². The average Bonchev–Trinajstić information content (AvgIpc) is 3.46. The van der Waals surface area contributed by atoms with Gasteiger partial charge in [-0.2, -0.15) is 0 Å². The van der Waals surface area contributed by atoms with Gasteiger partial charge in [-0.1, -0.05) is 30.3 Å². The van der Waals surface area contributed by atoms with Crippen LogP contribution < -0.4 is 20.3 Å². The molecule has 1 amide bonds. The highest BCUT2D eigenvalue weighted by Crippen LogP contribution is 2.27. The minimum atomic E-state index is -0.0457. The van der Waals surface area contributed by atoms with Crippen molar-refractivity contribution in [2.45, 2.75) is 31.7 Å². The molecule has 0 saturated heterocycles. The summed E-state index contributed by atoms with van der Waals surface area (Å²) in [6.07, 6.45) is 4.11. The van der Waals surface area contributed by atoms with Gasteiger partial charge in [0.05, 0.1) is 0 Å². The molecule has 0 atom stereocenters. The SMILES string of the molecule is CN=C(NCCc1ccc(OCC(=O)NC2CC2)cc1)N1CCc2ccccc21. The van der Waals surface area contributed by atoms with Crippen LogP contribution in [0.3, 0.4) is 0 Å². The van der Waals surface area contributed by atoms with Crippen LogP contribution in [0.25, 0.3) is 0 Å². The van der Waals surface area contributed by atoms with E-state index in [2.05, 4.69) is 44.8 Å². The van der Waals surface area contributed by atoms with Crippen molar-refractivity contribution in [3.8, 4) is 5.75 Å². The maximum absolute atomic E-state index is 11.7. The third kappa shape index (κ3) is 5.08. The second-order valence-corrected chi connectivity index (χ2v) is 7.53. The summed E-state index contributed by atoms with van der Waals surface area (Å²) < 4.78 is 5.56. The maximum Gasteiger partial charge on any atom is 0.258 e. The van der Waals surface area contributed by atoms with Gasteiger partial charge in [0.1, 0.15) is 5.75 Å². The number of ether oxygens (including phenoxy) is 1. The van der Waals surface area contributed by atoms with E-state index in [9.17, 15) is 4.79 Å². The molecule has 2 aromatic carbocycles. The Labute approximate surface area is 172 Å². The molecule has 0 unspecified atom stereocenters. The van der Waals surface area contributed by atoms with E-state index >= 15 is 0 Å². The van der Waals surface area contributed by atoms with Crippen LogP contribution in [-0.4, -0.2) is 44.7 Å². The van der Waals surface area contributed by atoms with Crippen molar-refractivity contribution in [3.63, 3.8) is 0 Å². The predicted octanol–water partition coefficient (Wildman–Crippen LogP) is 2.52. The van der Waals surface area contributed by atoms with Crippen LogP contribution in [0.4, 0.5) is 5.69 Å². The first-order chi connectivity index (χ1) is 14.2. The Bertz CT molecular complexity index is 875. The fraction of sp³-hybridized carbons (Fsp3) is 0.391. The number of carbonyl (C=O) groups excluding carboxylic acids is 1. The van der Waals surface area contributed by atoms with Crippen LogP contribution in [0, 0.1) is 0 Å². The minimum absolute atomic E-state index is 0.0457. The van der Waals surface area contributed by atoms with Gasteiger partial charge in [-0.25, -0.2) is 0 Å². The van der Waals surface area contributed by atoms with E-state index in [4.69, 9.17) is 4.74 Å². The first-order valence-electron chi connectivity index (χ1n) is 10.3. The Hall–Kier alpha value is -3.02. The molecule has 1 aliphatic carbocycles. The minimum Gasteiger partial charge on any atom is -0.484 e. The summed E-state index contributed by atoms with van der Waals surface area (Å²) in [6, 6.07) is 16.8. The van der Waals surface area contributed by atoms with Gasteiger partial charge in [0.25, 0.3) is 5.91 Å². The molecular formula is C23H28N4O2. The number of para-hydroxylation sites is 1. The van der Waals surface area contributed by atoms with Crippen molar-refractivity contribution in [1.82, 2.24) is 10.6 Å². The molecule has 29 heavy (non-hydrogen) atoms. The van der Waals surface area contributed by atoms with Gasteiger partial charge in [-0.3, -0.25) is 9.79 Å². The lowest BCUT2D eigenvalue weighted by Gasteiger charge is -2.22. The topological polar surface area (TPSA) is 66.0 Å². The summed E-state index contributed by atoms with van der Waals surface area (Å²) >= 11 is 0. The normalized spacial score (nSPS) is 15.8. The fourth-order valence-corrected chi connectivity index (χ4v) is 3.57. The van der Waals surface area contributed by atoms with Crippen molar-refractivity contribution in [3.05, 3.63) is 59.7 Å².